The molecule has 0 radical (unpaired) electrons. The first-order valence-corrected chi connectivity index (χ1v) is 10.1. The van der Waals surface area contributed by atoms with Crippen molar-refractivity contribution in [2.24, 2.45) is 0 Å². The number of amides is 1. The number of carbonyl (C=O) groups excluding carboxylic acids is 1. The van der Waals surface area contributed by atoms with Gasteiger partial charge in [-0.2, -0.15) is 5.10 Å². The maximum absolute atomic E-state index is 12.2. The minimum absolute atomic E-state index is 0.223. The van der Waals surface area contributed by atoms with Crippen LogP contribution in [0.5, 0.6) is 5.75 Å². The predicted molar refractivity (Wildman–Crippen MR) is 111 cm³/mol. The van der Waals surface area contributed by atoms with Gasteiger partial charge in [-0.1, -0.05) is 17.7 Å². The molecule has 0 aliphatic carbocycles. The Morgan fingerprint density at radius 3 is 2.86 bits per heavy atom. The minimum atomic E-state index is -0.247. The molecule has 3 aromatic rings. The number of rotatable bonds is 8. The second-order valence-electron chi connectivity index (χ2n) is 6.33. The lowest BCUT2D eigenvalue weighted by Gasteiger charge is -2.06. The number of aryl methyl sites for hydroxylation is 2. The molecule has 0 unspecified atom stereocenters. The molecule has 0 fully saturated rings. The highest BCUT2D eigenvalue weighted by atomic mass is 79.9. The molecule has 2 heterocycles. The lowest BCUT2D eigenvalue weighted by Crippen LogP contribution is -2.25. The predicted octanol–water partition coefficient (Wildman–Crippen LogP) is 4.91. The molecule has 0 saturated carbocycles. The van der Waals surface area contributed by atoms with Gasteiger partial charge in [0.25, 0.3) is 5.91 Å². The lowest BCUT2D eigenvalue weighted by atomic mass is 10.3. The molecule has 28 heavy (non-hydrogen) atoms. The van der Waals surface area contributed by atoms with Crippen LogP contribution in [0.15, 0.2) is 45.3 Å². The molecule has 0 bridgehead atoms. The highest BCUT2D eigenvalue weighted by Crippen LogP contribution is 2.20. The van der Waals surface area contributed by atoms with Crippen molar-refractivity contribution >= 4 is 33.4 Å². The van der Waals surface area contributed by atoms with E-state index in [2.05, 4.69) is 26.3 Å². The number of hydrogen-bond acceptors (Lipinski definition) is 4. The standard InChI is InChI=1S/C20H21BrClN3O3/c1-13-19(21)14(2)25(24-13)10-4-9-23-20(26)18-8-7-17(28-18)12-27-16-6-3-5-15(22)11-16/h3,5-8,11H,4,9-10,12H2,1-2H3,(H,23,26). The number of ether oxygens (including phenoxy) is 1. The van der Waals surface area contributed by atoms with Crippen molar-refractivity contribution in [3.05, 3.63) is 68.8 Å². The smallest absolute Gasteiger partial charge is 0.286 e. The molecular weight excluding hydrogens is 446 g/mol. The van der Waals surface area contributed by atoms with E-state index >= 15 is 0 Å². The molecule has 0 atom stereocenters. The van der Waals surface area contributed by atoms with E-state index in [4.69, 9.17) is 20.8 Å². The van der Waals surface area contributed by atoms with Gasteiger partial charge in [-0.15, -0.1) is 0 Å². The van der Waals surface area contributed by atoms with Gasteiger partial charge >= 0.3 is 0 Å². The van der Waals surface area contributed by atoms with Gasteiger partial charge in [-0.3, -0.25) is 9.48 Å². The van der Waals surface area contributed by atoms with E-state index in [1.54, 1.807) is 24.3 Å². The van der Waals surface area contributed by atoms with E-state index in [1.165, 1.54) is 0 Å². The molecule has 6 nitrogen and oxygen atoms in total. The Balaban J connectivity index is 1.44. The fraction of sp³-hybridized carbons (Fsp3) is 0.300. The SMILES string of the molecule is Cc1nn(CCCNC(=O)c2ccc(COc3cccc(Cl)c3)o2)c(C)c1Br. The average molecular weight is 467 g/mol. The summed E-state index contributed by atoms with van der Waals surface area (Å²) in [6.07, 6.45) is 0.769. The Morgan fingerprint density at radius 1 is 1.32 bits per heavy atom. The van der Waals surface area contributed by atoms with Gasteiger partial charge in [0.05, 0.1) is 10.2 Å². The molecule has 1 aromatic carbocycles. The van der Waals surface area contributed by atoms with Crippen molar-refractivity contribution in [2.75, 3.05) is 6.54 Å². The Bertz CT molecular complexity index is 968. The maximum Gasteiger partial charge on any atom is 0.286 e. The Kier molecular flexibility index (Phi) is 6.80. The van der Waals surface area contributed by atoms with Crippen molar-refractivity contribution in [1.29, 1.82) is 0 Å². The summed E-state index contributed by atoms with van der Waals surface area (Å²) in [5.74, 6) is 1.23. The maximum atomic E-state index is 12.2. The summed E-state index contributed by atoms with van der Waals surface area (Å²) in [6.45, 7) is 5.46. The zero-order chi connectivity index (χ0) is 20.1. The van der Waals surface area contributed by atoms with Crippen LogP contribution in [0.4, 0.5) is 0 Å². The van der Waals surface area contributed by atoms with E-state index in [-0.39, 0.29) is 18.3 Å². The molecule has 0 aliphatic heterocycles. The van der Waals surface area contributed by atoms with Crippen molar-refractivity contribution in [2.45, 2.75) is 33.4 Å². The van der Waals surface area contributed by atoms with Crippen molar-refractivity contribution in [3.63, 3.8) is 0 Å². The zero-order valence-corrected chi connectivity index (χ0v) is 18.0. The fourth-order valence-corrected chi connectivity index (χ4v) is 3.16. The van der Waals surface area contributed by atoms with E-state index in [0.29, 0.717) is 23.1 Å². The highest BCUT2D eigenvalue weighted by molar-refractivity contribution is 9.10. The first-order chi connectivity index (χ1) is 13.4. The third-order valence-corrected chi connectivity index (χ3v) is 5.57. The van der Waals surface area contributed by atoms with Crippen molar-refractivity contribution in [3.8, 4) is 5.75 Å². The van der Waals surface area contributed by atoms with Crippen LogP contribution in [0, 0.1) is 13.8 Å². The first kappa shape index (κ1) is 20.5. The number of nitrogens with one attached hydrogen (secondary N) is 1. The molecule has 0 spiro atoms. The Morgan fingerprint density at radius 2 is 2.14 bits per heavy atom. The highest BCUT2D eigenvalue weighted by Gasteiger charge is 2.12. The largest absolute Gasteiger partial charge is 0.486 e. The first-order valence-electron chi connectivity index (χ1n) is 8.89. The molecule has 1 N–H and O–H groups in total. The summed E-state index contributed by atoms with van der Waals surface area (Å²) in [5.41, 5.74) is 2.05. The normalized spacial score (nSPS) is 10.9. The number of aromatic nitrogens is 2. The number of benzene rings is 1. The third-order valence-electron chi connectivity index (χ3n) is 4.19. The van der Waals surface area contributed by atoms with Crippen LogP contribution >= 0.6 is 27.5 Å². The molecule has 2 aromatic heterocycles. The molecule has 3 rings (SSSR count). The quantitative estimate of drug-likeness (QED) is 0.479. The summed E-state index contributed by atoms with van der Waals surface area (Å²) in [4.78, 5) is 12.2. The molecule has 148 valence electrons. The average Bonchev–Trinajstić information content (AvgIpc) is 3.24. The monoisotopic (exact) mass is 465 g/mol. The van der Waals surface area contributed by atoms with Gasteiger partial charge in [-0.05, 0) is 66.5 Å². The van der Waals surface area contributed by atoms with Gasteiger partial charge in [0.1, 0.15) is 18.1 Å². The minimum Gasteiger partial charge on any atom is -0.486 e. The van der Waals surface area contributed by atoms with E-state index in [0.717, 1.165) is 28.8 Å². The van der Waals surface area contributed by atoms with Gasteiger partial charge in [-0.25, -0.2) is 0 Å². The molecule has 1 amide bonds. The number of furan rings is 1. The summed E-state index contributed by atoms with van der Waals surface area (Å²) < 4.78 is 14.1. The van der Waals surface area contributed by atoms with E-state index in [9.17, 15) is 4.79 Å². The number of halogens is 2. The van der Waals surface area contributed by atoms with Crippen LogP contribution in [0.1, 0.15) is 34.1 Å². The van der Waals surface area contributed by atoms with E-state index in [1.807, 2.05) is 30.7 Å². The van der Waals surface area contributed by atoms with Crippen molar-refractivity contribution < 1.29 is 13.9 Å². The Hall–Kier alpha value is -2.25. The summed E-state index contributed by atoms with van der Waals surface area (Å²) >= 11 is 9.44. The number of nitrogens with zero attached hydrogens (tertiary/aromatic N) is 2. The van der Waals surface area contributed by atoms with Crippen molar-refractivity contribution in [1.82, 2.24) is 15.1 Å². The Labute approximate surface area is 176 Å². The molecular formula is C20H21BrClN3O3. The van der Waals surface area contributed by atoms with Gasteiger partial charge in [0, 0.05) is 23.8 Å². The number of hydrogen-bond donors (Lipinski definition) is 1. The lowest BCUT2D eigenvalue weighted by molar-refractivity contribution is 0.0921. The summed E-state index contributed by atoms with van der Waals surface area (Å²) in [5, 5.41) is 7.92. The van der Waals surface area contributed by atoms with Crippen LogP contribution in [-0.4, -0.2) is 22.2 Å². The summed E-state index contributed by atoms with van der Waals surface area (Å²) in [7, 11) is 0. The number of carbonyl (C=O) groups is 1. The molecule has 0 aliphatic rings. The topological polar surface area (TPSA) is 69.3 Å². The summed E-state index contributed by atoms with van der Waals surface area (Å²) in [6, 6.07) is 10.5. The second kappa shape index (κ2) is 9.30. The van der Waals surface area contributed by atoms with Crippen LogP contribution in [0.3, 0.4) is 0 Å². The van der Waals surface area contributed by atoms with E-state index < -0.39 is 0 Å². The van der Waals surface area contributed by atoms with Crippen LogP contribution < -0.4 is 10.1 Å². The second-order valence-corrected chi connectivity index (χ2v) is 7.56. The fourth-order valence-electron chi connectivity index (χ4n) is 2.70. The third kappa shape index (κ3) is 5.17. The van der Waals surface area contributed by atoms with Crippen LogP contribution in [-0.2, 0) is 13.2 Å². The molecule has 0 saturated heterocycles. The molecule has 8 heteroatoms. The van der Waals surface area contributed by atoms with Crippen LogP contribution in [0.25, 0.3) is 0 Å². The van der Waals surface area contributed by atoms with Gasteiger partial charge < -0.3 is 14.5 Å². The van der Waals surface area contributed by atoms with Gasteiger partial charge in [0.2, 0.25) is 0 Å². The van der Waals surface area contributed by atoms with Crippen LogP contribution in [0.2, 0.25) is 5.02 Å². The van der Waals surface area contributed by atoms with Gasteiger partial charge in [0.15, 0.2) is 5.76 Å². The zero-order valence-electron chi connectivity index (χ0n) is 15.7.